The fourth-order valence-electron chi connectivity index (χ4n) is 0.220. The third-order valence-corrected chi connectivity index (χ3v) is 2.81. The third-order valence-electron chi connectivity index (χ3n) is 0.421. The Labute approximate surface area is 118 Å². The number of alkyl halides is 1. The molecule has 0 amide bonds. The van der Waals surface area contributed by atoms with E-state index in [9.17, 15) is 9.13 Å². The second kappa shape index (κ2) is 9.96. The van der Waals surface area contributed by atoms with Crippen LogP contribution in [-0.4, -0.2) is 70.7 Å². The molecule has 0 spiro atoms. The number of hydrogen-bond donors (Lipinski definition) is 4. The molecule has 0 radical (unpaired) electrons. The van der Waals surface area contributed by atoms with Crippen molar-refractivity contribution in [3.05, 3.63) is 0 Å². The van der Waals surface area contributed by atoms with Gasteiger partial charge in [-0.05, 0) is 0 Å². The summed E-state index contributed by atoms with van der Waals surface area (Å²) >= 11 is 4.83. The Bertz CT molecular complexity index is 224. The topological polar surface area (TPSA) is 134 Å². The van der Waals surface area contributed by atoms with Gasteiger partial charge in [0.25, 0.3) is 0 Å². The van der Waals surface area contributed by atoms with Crippen LogP contribution >= 0.6 is 27.2 Å². The largest absolute Gasteiger partial charge is 2.00 e. The SMILES string of the molecule is CO.O=P(O)(O)OP(=O)(O)OCCl.[Ca+2].[H-].[H-]. The number of aliphatic hydroxyl groups excluding tert-OH is 1. The molecule has 8 nitrogen and oxygen atoms in total. The van der Waals surface area contributed by atoms with Crippen molar-refractivity contribution in [1.29, 1.82) is 0 Å². The molecule has 0 saturated carbocycles. The fraction of sp³-hybridized carbons (Fsp3) is 1.00. The van der Waals surface area contributed by atoms with Crippen LogP contribution in [-0.2, 0) is 18.0 Å². The minimum atomic E-state index is -5.01. The zero-order valence-corrected chi connectivity index (χ0v) is 11.9. The molecule has 86 valence electrons. The molecule has 0 aliphatic rings. The number of rotatable bonds is 4. The number of aliphatic hydroxyl groups is 1. The second-order valence-corrected chi connectivity index (χ2v) is 4.33. The van der Waals surface area contributed by atoms with Crippen LogP contribution in [0.1, 0.15) is 2.85 Å². The molecule has 0 saturated heterocycles. The van der Waals surface area contributed by atoms with Gasteiger partial charge >= 0.3 is 53.4 Å². The van der Waals surface area contributed by atoms with Crippen molar-refractivity contribution in [2.75, 3.05) is 13.2 Å². The second-order valence-electron chi connectivity index (χ2n) is 1.28. The van der Waals surface area contributed by atoms with Gasteiger partial charge in [-0.3, -0.25) is 4.52 Å². The van der Waals surface area contributed by atoms with E-state index in [2.05, 4.69) is 8.83 Å². The molecule has 0 aliphatic carbocycles. The van der Waals surface area contributed by atoms with Gasteiger partial charge in [0.1, 0.15) is 6.07 Å². The number of hydrogen-bond acceptors (Lipinski definition) is 5. The van der Waals surface area contributed by atoms with Gasteiger partial charge in [0, 0.05) is 7.11 Å². The van der Waals surface area contributed by atoms with Gasteiger partial charge in [-0.15, -0.1) is 0 Å². The van der Waals surface area contributed by atoms with Gasteiger partial charge in [0.15, 0.2) is 0 Å². The van der Waals surface area contributed by atoms with E-state index in [0.717, 1.165) is 7.11 Å². The average Bonchev–Trinajstić information content (AvgIpc) is 1.85. The van der Waals surface area contributed by atoms with E-state index in [4.69, 9.17) is 31.4 Å². The van der Waals surface area contributed by atoms with Crippen LogP contribution in [0.15, 0.2) is 0 Å². The zero-order chi connectivity index (χ0) is 11.1. The minimum absolute atomic E-state index is 0. The molecule has 0 aromatic carbocycles. The third kappa shape index (κ3) is 16.2. The number of phosphoric ester groups is 1. The van der Waals surface area contributed by atoms with Crippen LogP contribution in [0.25, 0.3) is 0 Å². The van der Waals surface area contributed by atoms with Crippen molar-refractivity contribution >= 4 is 65.0 Å². The summed E-state index contributed by atoms with van der Waals surface area (Å²) in [6.45, 7) is 0. The van der Waals surface area contributed by atoms with Gasteiger partial charge in [0.05, 0.1) is 0 Å². The van der Waals surface area contributed by atoms with Crippen LogP contribution in [0.3, 0.4) is 0 Å². The number of phosphoric acid groups is 2. The van der Waals surface area contributed by atoms with Gasteiger partial charge in [-0.2, -0.15) is 4.31 Å². The maximum atomic E-state index is 10.4. The van der Waals surface area contributed by atoms with Crippen LogP contribution in [0.2, 0.25) is 0 Å². The smallest absolute Gasteiger partial charge is 1.00 e. The molecule has 0 aromatic rings. The van der Waals surface area contributed by atoms with Crippen molar-refractivity contribution in [3.63, 3.8) is 0 Å². The maximum absolute atomic E-state index is 10.4. The first-order valence-corrected chi connectivity index (χ1v) is 6.08. The monoisotopic (exact) mass is 300 g/mol. The van der Waals surface area contributed by atoms with E-state index in [-0.39, 0.29) is 40.6 Å². The van der Waals surface area contributed by atoms with E-state index in [1.54, 1.807) is 0 Å². The van der Waals surface area contributed by atoms with Crippen LogP contribution < -0.4 is 0 Å². The predicted octanol–water partition coefficient (Wildman–Crippen LogP) is -0.138. The molecule has 0 fully saturated rings. The van der Waals surface area contributed by atoms with E-state index < -0.39 is 21.7 Å². The Morgan fingerprint density at radius 3 is 1.86 bits per heavy atom. The van der Waals surface area contributed by atoms with Gasteiger partial charge in [0.2, 0.25) is 0 Å². The van der Waals surface area contributed by atoms with Crippen molar-refractivity contribution < 1.29 is 40.6 Å². The Hall–Kier alpha value is 1.77. The van der Waals surface area contributed by atoms with Gasteiger partial charge < -0.3 is 22.6 Å². The number of halogens is 1. The van der Waals surface area contributed by atoms with Gasteiger partial charge in [-0.1, -0.05) is 11.6 Å². The Morgan fingerprint density at radius 1 is 1.29 bits per heavy atom. The van der Waals surface area contributed by atoms with Crippen molar-refractivity contribution in [1.82, 2.24) is 0 Å². The van der Waals surface area contributed by atoms with E-state index in [1.165, 1.54) is 0 Å². The molecule has 0 heterocycles. The molecule has 1 atom stereocenters. The van der Waals surface area contributed by atoms with Crippen LogP contribution in [0.4, 0.5) is 0 Å². The molecule has 4 N–H and O–H groups in total. The molecule has 14 heavy (non-hydrogen) atoms. The summed E-state index contributed by atoms with van der Waals surface area (Å²) in [6, 6.07) is -0.701. The van der Waals surface area contributed by atoms with E-state index >= 15 is 0 Å². The first kappa shape index (κ1) is 21.1. The summed E-state index contributed by atoms with van der Waals surface area (Å²) in [6.07, 6.45) is 0. The van der Waals surface area contributed by atoms with Crippen molar-refractivity contribution in [2.45, 2.75) is 0 Å². The summed E-state index contributed by atoms with van der Waals surface area (Å²) in [4.78, 5) is 24.4. The van der Waals surface area contributed by atoms with E-state index in [0.29, 0.717) is 0 Å². The Kier molecular flexibility index (Phi) is 15.0. The first-order valence-electron chi connectivity index (χ1n) is 2.52. The van der Waals surface area contributed by atoms with Crippen molar-refractivity contribution in [3.8, 4) is 0 Å². The van der Waals surface area contributed by atoms with Crippen molar-refractivity contribution in [2.24, 2.45) is 0 Å². The Balaban J connectivity index is -0.0000000760. The quantitative estimate of drug-likeness (QED) is 0.320. The summed E-state index contributed by atoms with van der Waals surface area (Å²) in [5.74, 6) is 0. The predicted molar refractivity (Wildman–Crippen MR) is 50.9 cm³/mol. The molecule has 1 unspecified atom stereocenters. The summed E-state index contributed by atoms with van der Waals surface area (Å²) in [5, 5.41) is 7.00. The molecule has 0 aliphatic heterocycles. The van der Waals surface area contributed by atoms with Gasteiger partial charge in [-0.25, -0.2) is 9.13 Å². The minimum Gasteiger partial charge on any atom is -1.00 e. The van der Waals surface area contributed by atoms with E-state index in [1.807, 2.05) is 0 Å². The average molecular weight is 301 g/mol. The Morgan fingerprint density at radius 2 is 1.64 bits per heavy atom. The molecule has 12 heteroatoms. The molecular weight excluding hydrogens is 289 g/mol. The molecule has 0 bridgehead atoms. The van der Waals surface area contributed by atoms with Crippen LogP contribution in [0.5, 0.6) is 0 Å². The fourth-order valence-corrected chi connectivity index (χ4v) is 1.98. The summed E-state index contributed by atoms with van der Waals surface area (Å²) in [5.41, 5.74) is 0. The van der Waals surface area contributed by atoms with Crippen LogP contribution in [0, 0.1) is 0 Å². The molecule has 0 rings (SSSR count). The molecule has 0 aromatic heterocycles. The summed E-state index contributed by atoms with van der Waals surface area (Å²) in [7, 11) is -8.72. The summed E-state index contributed by atoms with van der Waals surface area (Å²) < 4.78 is 27.4. The first-order chi connectivity index (χ1) is 5.77. The maximum Gasteiger partial charge on any atom is 2.00 e. The zero-order valence-electron chi connectivity index (χ0n) is 9.11. The normalized spacial score (nSPS) is 14.4. The molecular formula is C2H11CaClO8P2. The standard InChI is InChI=1S/CH5ClO7P2.CH4O.Ca.2H/c2-1-8-11(6,7)9-10(3,4)5;1-2;;;/h1H2,(H,6,7)(H2,3,4,5);2H,1H3;;;/q;;+2;2*-1.